The molecule has 1 rings (SSSR count). The van der Waals surface area contributed by atoms with Crippen LogP contribution in [0.4, 0.5) is 5.69 Å². The molecule has 94 valence electrons. The van der Waals surface area contributed by atoms with Crippen molar-refractivity contribution in [1.82, 2.24) is 0 Å². The van der Waals surface area contributed by atoms with Crippen molar-refractivity contribution in [3.63, 3.8) is 0 Å². The van der Waals surface area contributed by atoms with Gasteiger partial charge in [-0.3, -0.25) is 0 Å². The molecule has 0 aromatic heterocycles. The Morgan fingerprint density at radius 2 is 1.88 bits per heavy atom. The highest BCUT2D eigenvalue weighted by molar-refractivity contribution is 5.89. The first-order valence-electron chi connectivity index (χ1n) is 5.91. The van der Waals surface area contributed by atoms with Crippen LogP contribution in [0.5, 0.6) is 0 Å². The van der Waals surface area contributed by atoms with Crippen molar-refractivity contribution < 1.29 is 9.90 Å². The lowest BCUT2D eigenvalue weighted by Gasteiger charge is -2.30. The molecule has 1 aromatic rings. The number of carboxylic acids is 1. The summed E-state index contributed by atoms with van der Waals surface area (Å²) in [4.78, 5) is 13.1. The fraction of sp³-hybridized carbons (Fsp3) is 0.500. The van der Waals surface area contributed by atoms with E-state index in [2.05, 4.69) is 25.7 Å². The Bertz CT molecular complexity index is 413. The quantitative estimate of drug-likeness (QED) is 0.871. The summed E-state index contributed by atoms with van der Waals surface area (Å²) in [6, 6.07) is 5.90. The third kappa shape index (κ3) is 2.99. The van der Waals surface area contributed by atoms with Gasteiger partial charge in [0.05, 0.1) is 5.56 Å². The van der Waals surface area contributed by atoms with Crippen molar-refractivity contribution in [3.8, 4) is 0 Å². The van der Waals surface area contributed by atoms with Crippen molar-refractivity contribution in [3.05, 3.63) is 29.3 Å². The molecule has 3 heteroatoms. The summed E-state index contributed by atoms with van der Waals surface area (Å²) in [6.07, 6.45) is 0. The molecular formula is C14H21NO2. The second-order valence-electron chi connectivity index (χ2n) is 4.90. The predicted molar refractivity (Wildman–Crippen MR) is 70.8 cm³/mol. The van der Waals surface area contributed by atoms with Gasteiger partial charge in [0.25, 0.3) is 0 Å². The molecule has 0 saturated heterocycles. The number of carbonyl (C=O) groups is 1. The van der Waals surface area contributed by atoms with Gasteiger partial charge >= 0.3 is 5.97 Å². The third-order valence-electron chi connectivity index (χ3n) is 3.42. The lowest BCUT2D eigenvalue weighted by Crippen LogP contribution is -2.33. The molecule has 1 atom stereocenters. The number of hydrogen-bond acceptors (Lipinski definition) is 2. The molecule has 0 aliphatic heterocycles. The average molecular weight is 235 g/mol. The van der Waals surface area contributed by atoms with Crippen LogP contribution in [0.2, 0.25) is 0 Å². The SMILES string of the molecule is Cc1cc(N(C)C(C)C(C)C)ccc1C(=O)O. The maximum absolute atomic E-state index is 10.9. The summed E-state index contributed by atoms with van der Waals surface area (Å²) in [6.45, 7) is 8.37. The number of hydrogen-bond donors (Lipinski definition) is 1. The first-order valence-corrected chi connectivity index (χ1v) is 5.91. The van der Waals surface area contributed by atoms with E-state index in [9.17, 15) is 4.79 Å². The zero-order valence-corrected chi connectivity index (χ0v) is 11.2. The van der Waals surface area contributed by atoms with Crippen molar-refractivity contribution in [1.29, 1.82) is 0 Å². The minimum Gasteiger partial charge on any atom is -0.478 e. The van der Waals surface area contributed by atoms with Gasteiger partial charge in [-0.2, -0.15) is 0 Å². The van der Waals surface area contributed by atoms with Gasteiger partial charge in [-0.25, -0.2) is 4.79 Å². The van der Waals surface area contributed by atoms with E-state index in [1.807, 2.05) is 26.1 Å². The molecule has 3 nitrogen and oxygen atoms in total. The molecule has 17 heavy (non-hydrogen) atoms. The largest absolute Gasteiger partial charge is 0.478 e. The Morgan fingerprint density at radius 1 is 1.29 bits per heavy atom. The smallest absolute Gasteiger partial charge is 0.335 e. The molecule has 0 fully saturated rings. The van der Waals surface area contributed by atoms with Crippen molar-refractivity contribution in [2.75, 3.05) is 11.9 Å². The molecule has 0 bridgehead atoms. The Hall–Kier alpha value is -1.51. The summed E-state index contributed by atoms with van der Waals surface area (Å²) in [5.41, 5.74) is 2.24. The number of rotatable bonds is 4. The number of anilines is 1. The lowest BCUT2D eigenvalue weighted by atomic mass is 10.0. The summed E-state index contributed by atoms with van der Waals surface area (Å²) < 4.78 is 0. The van der Waals surface area contributed by atoms with Gasteiger partial charge < -0.3 is 10.0 Å². The second-order valence-corrected chi connectivity index (χ2v) is 4.90. The average Bonchev–Trinajstić information content (AvgIpc) is 2.26. The third-order valence-corrected chi connectivity index (χ3v) is 3.42. The van der Waals surface area contributed by atoms with Crippen LogP contribution in [0.1, 0.15) is 36.7 Å². The van der Waals surface area contributed by atoms with Gasteiger partial charge in [0.1, 0.15) is 0 Å². The normalized spacial score (nSPS) is 12.6. The maximum atomic E-state index is 10.9. The molecule has 0 heterocycles. The number of carboxylic acid groups (broad SMARTS) is 1. The fourth-order valence-corrected chi connectivity index (χ4v) is 1.79. The van der Waals surface area contributed by atoms with Gasteiger partial charge in [0, 0.05) is 18.8 Å². The number of benzene rings is 1. The number of aromatic carboxylic acids is 1. The van der Waals surface area contributed by atoms with Crippen LogP contribution in [0.3, 0.4) is 0 Å². The summed E-state index contributed by atoms with van der Waals surface area (Å²) in [5, 5.41) is 8.98. The van der Waals surface area contributed by atoms with Crippen LogP contribution < -0.4 is 4.90 Å². The molecular weight excluding hydrogens is 214 g/mol. The first kappa shape index (κ1) is 13.6. The van der Waals surface area contributed by atoms with Crippen LogP contribution in [0.15, 0.2) is 18.2 Å². The van der Waals surface area contributed by atoms with E-state index in [0.717, 1.165) is 11.3 Å². The van der Waals surface area contributed by atoms with Gasteiger partial charge in [-0.1, -0.05) is 13.8 Å². The zero-order chi connectivity index (χ0) is 13.2. The topological polar surface area (TPSA) is 40.5 Å². The summed E-state index contributed by atoms with van der Waals surface area (Å²) in [7, 11) is 2.04. The van der Waals surface area contributed by atoms with Crippen molar-refractivity contribution >= 4 is 11.7 Å². The molecule has 1 aromatic carbocycles. The standard InChI is InChI=1S/C14H21NO2/c1-9(2)11(4)15(5)12-6-7-13(14(16)17)10(3)8-12/h6-9,11H,1-5H3,(H,16,17). The molecule has 0 aliphatic carbocycles. The Morgan fingerprint density at radius 3 is 2.29 bits per heavy atom. The minimum absolute atomic E-state index is 0.374. The van der Waals surface area contributed by atoms with E-state index in [0.29, 0.717) is 17.5 Å². The Labute approximate surface area is 103 Å². The van der Waals surface area contributed by atoms with Crippen LogP contribution in [-0.2, 0) is 0 Å². The highest BCUT2D eigenvalue weighted by Crippen LogP contribution is 2.22. The lowest BCUT2D eigenvalue weighted by molar-refractivity contribution is 0.0696. The van der Waals surface area contributed by atoms with Gasteiger partial charge in [-0.05, 0) is 43.5 Å². The van der Waals surface area contributed by atoms with Crippen molar-refractivity contribution in [2.45, 2.75) is 33.7 Å². The minimum atomic E-state index is -0.867. The molecule has 0 radical (unpaired) electrons. The van der Waals surface area contributed by atoms with E-state index in [1.54, 1.807) is 6.07 Å². The van der Waals surface area contributed by atoms with E-state index in [1.165, 1.54) is 0 Å². The van der Waals surface area contributed by atoms with Crippen LogP contribution >= 0.6 is 0 Å². The van der Waals surface area contributed by atoms with E-state index < -0.39 is 5.97 Å². The van der Waals surface area contributed by atoms with Gasteiger partial charge in [-0.15, -0.1) is 0 Å². The van der Waals surface area contributed by atoms with E-state index >= 15 is 0 Å². The fourth-order valence-electron chi connectivity index (χ4n) is 1.79. The molecule has 0 saturated carbocycles. The predicted octanol–water partition coefficient (Wildman–Crippen LogP) is 3.17. The van der Waals surface area contributed by atoms with E-state index in [4.69, 9.17) is 5.11 Å². The van der Waals surface area contributed by atoms with E-state index in [-0.39, 0.29) is 0 Å². The van der Waals surface area contributed by atoms with Crippen LogP contribution in [0, 0.1) is 12.8 Å². The molecule has 1 unspecified atom stereocenters. The van der Waals surface area contributed by atoms with Crippen LogP contribution in [-0.4, -0.2) is 24.2 Å². The number of nitrogens with zero attached hydrogens (tertiary/aromatic N) is 1. The zero-order valence-electron chi connectivity index (χ0n) is 11.2. The van der Waals surface area contributed by atoms with Gasteiger partial charge in [0.15, 0.2) is 0 Å². The Kier molecular flexibility index (Phi) is 4.16. The maximum Gasteiger partial charge on any atom is 0.335 e. The molecule has 1 N–H and O–H groups in total. The monoisotopic (exact) mass is 235 g/mol. The number of aryl methyl sites for hydroxylation is 1. The second kappa shape index (κ2) is 5.21. The highest BCUT2D eigenvalue weighted by atomic mass is 16.4. The molecule has 0 amide bonds. The summed E-state index contributed by atoms with van der Waals surface area (Å²) in [5.74, 6) is -0.312. The van der Waals surface area contributed by atoms with Gasteiger partial charge in [0.2, 0.25) is 0 Å². The Balaban J connectivity index is 3.01. The summed E-state index contributed by atoms with van der Waals surface area (Å²) >= 11 is 0. The van der Waals surface area contributed by atoms with Crippen LogP contribution in [0.25, 0.3) is 0 Å². The first-order chi connectivity index (χ1) is 7.84. The molecule has 0 spiro atoms. The molecule has 0 aliphatic rings. The highest BCUT2D eigenvalue weighted by Gasteiger charge is 2.15. The van der Waals surface area contributed by atoms with Crippen molar-refractivity contribution in [2.24, 2.45) is 5.92 Å².